The van der Waals surface area contributed by atoms with Crippen molar-refractivity contribution in [3.05, 3.63) is 130 Å². The molecule has 1 aliphatic carbocycles. The van der Waals surface area contributed by atoms with Crippen LogP contribution in [0.1, 0.15) is 42.4 Å². The number of hydrogen-bond acceptors (Lipinski definition) is 4. The van der Waals surface area contributed by atoms with Crippen molar-refractivity contribution in [2.75, 3.05) is 10.8 Å². The van der Waals surface area contributed by atoms with Crippen LogP contribution in [0, 0.1) is 6.92 Å². The van der Waals surface area contributed by atoms with Crippen molar-refractivity contribution in [2.45, 2.75) is 62.6 Å². The van der Waals surface area contributed by atoms with E-state index >= 15 is 0 Å². The van der Waals surface area contributed by atoms with Crippen LogP contribution >= 0.6 is 23.2 Å². The maximum absolute atomic E-state index is 14.6. The summed E-state index contributed by atoms with van der Waals surface area (Å²) in [6.07, 6.45) is 4.08. The number of halogens is 2. The zero-order chi connectivity index (χ0) is 32.7. The molecule has 0 spiro atoms. The Morgan fingerprint density at radius 2 is 1.48 bits per heavy atom. The maximum atomic E-state index is 14.6. The second-order valence-corrected chi connectivity index (χ2v) is 14.3. The normalized spacial score (nSPS) is 14.1. The maximum Gasteiger partial charge on any atom is 0.264 e. The monoisotopic (exact) mass is 677 g/mol. The van der Waals surface area contributed by atoms with Gasteiger partial charge in [-0.2, -0.15) is 0 Å². The Morgan fingerprint density at radius 3 is 2.11 bits per heavy atom. The fraction of sp³-hybridized carbons (Fsp3) is 0.278. The van der Waals surface area contributed by atoms with Crippen LogP contribution in [0.25, 0.3) is 0 Å². The van der Waals surface area contributed by atoms with Crippen molar-refractivity contribution in [3.8, 4) is 0 Å². The van der Waals surface area contributed by atoms with Crippen molar-refractivity contribution in [3.63, 3.8) is 0 Å². The van der Waals surface area contributed by atoms with Crippen LogP contribution in [0.15, 0.2) is 108 Å². The minimum absolute atomic E-state index is 0.0305. The van der Waals surface area contributed by atoms with E-state index in [1.165, 1.54) is 17.0 Å². The molecule has 0 aliphatic heterocycles. The lowest BCUT2D eigenvalue weighted by molar-refractivity contribution is -0.140. The topological polar surface area (TPSA) is 86.8 Å². The molecule has 7 nitrogen and oxygen atoms in total. The number of hydrogen-bond donors (Lipinski definition) is 1. The number of anilines is 1. The number of carbonyl (C=O) groups is 2. The predicted molar refractivity (Wildman–Crippen MR) is 183 cm³/mol. The Morgan fingerprint density at radius 1 is 0.848 bits per heavy atom. The van der Waals surface area contributed by atoms with Gasteiger partial charge >= 0.3 is 0 Å². The molecule has 0 saturated heterocycles. The van der Waals surface area contributed by atoms with Gasteiger partial charge in [0, 0.05) is 29.1 Å². The molecule has 46 heavy (non-hydrogen) atoms. The van der Waals surface area contributed by atoms with E-state index in [0.717, 1.165) is 46.7 Å². The van der Waals surface area contributed by atoms with Gasteiger partial charge in [-0.3, -0.25) is 13.9 Å². The molecule has 0 aromatic heterocycles. The molecule has 1 N–H and O–H groups in total. The largest absolute Gasteiger partial charge is 0.352 e. The van der Waals surface area contributed by atoms with Crippen LogP contribution in [0.2, 0.25) is 10.0 Å². The van der Waals surface area contributed by atoms with Crippen molar-refractivity contribution in [2.24, 2.45) is 0 Å². The molecular formula is C36H37Cl2N3O4S. The third kappa shape index (κ3) is 8.29. The van der Waals surface area contributed by atoms with Crippen molar-refractivity contribution in [1.82, 2.24) is 10.2 Å². The van der Waals surface area contributed by atoms with Gasteiger partial charge in [-0.1, -0.05) is 103 Å². The van der Waals surface area contributed by atoms with E-state index in [-0.39, 0.29) is 35.5 Å². The molecule has 240 valence electrons. The Kier molecular flexibility index (Phi) is 11.0. The highest BCUT2D eigenvalue weighted by molar-refractivity contribution is 7.92. The summed E-state index contributed by atoms with van der Waals surface area (Å²) in [6.45, 7) is 1.34. The Hall–Kier alpha value is -3.85. The zero-order valence-electron chi connectivity index (χ0n) is 25.6. The van der Waals surface area contributed by atoms with E-state index in [1.807, 2.05) is 37.3 Å². The lowest BCUT2D eigenvalue weighted by atomic mass is 10.0. The summed E-state index contributed by atoms with van der Waals surface area (Å²) in [5.41, 5.74) is 2.64. The number of carbonyl (C=O) groups excluding carboxylic acids is 2. The number of amides is 2. The van der Waals surface area contributed by atoms with Crippen LogP contribution in [-0.4, -0.2) is 43.8 Å². The fourth-order valence-corrected chi connectivity index (χ4v) is 7.42. The minimum Gasteiger partial charge on any atom is -0.352 e. The van der Waals surface area contributed by atoms with Gasteiger partial charge < -0.3 is 10.2 Å². The molecule has 4 aromatic carbocycles. The van der Waals surface area contributed by atoms with E-state index in [1.54, 1.807) is 60.7 Å². The molecule has 2 amide bonds. The van der Waals surface area contributed by atoms with Crippen molar-refractivity contribution >= 4 is 50.7 Å². The summed E-state index contributed by atoms with van der Waals surface area (Å²) in [5.74, 6) is -0.803. The van der Waals surface area contributed by atoms with Crippen molar-refractivity contribution < 1.29 is 18.0 Å². The van der Waals surface area contributed by atoms with Crippen LogP contribution in [0.3, 0.4) is 0 Å². The Bertz CT molecular complexity index is 1750. The third-order valence-corrected chi connectivity index (χ3v) is 10.7. The molecule has 0 heterocycles. The lowest BCUT2D eigenvalue weighted by Crippen LogP contribution is -2.54. The summed E-state index contributed by atoms with van der Waals surface area (Å²) in [7, 11) is -4.21. The molecule has 0 radical (unpaired) electrons. The first-order chi connectivity index (χ1) is 22.1. The average molecular weight is 679 g/mol. The van der Waals surface area contributed by atoms with Crippen molar-refractivity contribution in [1.29, 1.82) is 0 Å². The average Bonchev–Trinajstić information content (AvgIpc) is 3.57. The SMILES string of the molecule is Cc1ccc(N(CC(=O)N(Cc2ccc(Cl)cc2)[C@@H](Cc2ccccc2)C(=O)NC2CCCC2)S(=O)(=O)c2ccccc2)cc1Cl. The molecule has 1 saturated carbocycles. The number of benzene rings is 4. The molecule has 1 fully saturated rings. The van der Waals surface area contributed by atoms with E-state index < -0.39 is 28.5 Å². The second-order valence-electron chi connectivity index (χ2n) is 11.6. The second kappa shape index (κ2) is 15.2. The first-order valence-corrected chi connectivity index (χ1v) is 17.5. The van der Waals surface area contributed by atoms with Gasteiger partial charge in [-0.05, 0) is 72.9 Å². The van der Waals surface area contributed by atoms with E-state index in [0.29, 0.717) is 10.0 Å². The molecule has 1 aliphatic rings. The van der Waals surface area contributed by atoms with Gasteiger partial charge in [0.15, 0.2) is 0 Å². The quantitative estimate of drug-likeness (QED) is 0.172. The van der Waals surface area contributed by atoms with Gasteiger partial charge in [-0.15, -0.1) is 0 Å². The summed E-state index contributed by atoms with van der Waals surface area (Å²) in [6, 6.07) is 28.5. The molecule has 10 heteroatoms. The van der Waals surface area contributed by atoms with E-state index in [2.05, 4.69) is 5.32 Å². The third-order valence-electron chi connectivity index (χ3n) is 8.29. The fourth-order valence-electron chi connectivity index (χ4n) is 5.69. The first kappa shape index (κ1) is 33.5. The highest BCUT2D eigenvalue weighted by atomic mass is 35.5. The molecule has 5 rings (SSSR count). The number of rotatable bonds is 12. The summed E-state index contributed by atoms with van der Waals surface area (Å²) < 4.78 is 29.3. The van der Waals surface area contributed by atoms with Gasteiger partial charge in [0.05, 0.1) is 10.6 Å². The van der Waals surface area contributed by atoms with Crippen LogP contribution in [0.5, 0.6) is 0 Å². The highest BCUT2D eigenvalue weighted by Crippen LogP contribution is 2.29. The number of sulfonamides is 1. The number of nitrogens with one attached hydrogen (secondary N) is 1. The van der Waals surface area contributed by atoms with Crippen LogP contribution in [0.4, 0.5) is 5.69 Å². The minimum atomic E-state index is -4.21. The molecule has 4 aromatic rings. The standard InChI is InChI=1S/C36H37Cl2N3O4S/c1-26-16-21-31(23-33(26)38)41(46(44,45)32-14-6-3-7-15-32)25-35(42)40(24-28-17-19-29(37)20-18-28)34(22-27-10-4-2-5-11-27)36(43)39-30-12-8-9-13-30/h2-7,10-11,14-21,23,30,34H,8-9,12-13,22,24-25H2,1H3,(H,39,43)/t34-/m0/s1. The lowest BCUT2D eigenvalue weighted by Gasteiger charge is -2.34. The first-order valence-electron chi connectivity index (χ1n) is 15.3. The van der Waals surface area contributed by atoms with Gasteiger partial charge in [0.25, 0.3) is 10.0 Å². The van der Waals surface area contributed by atoms with Crippen LogP contribution in [-0.2, 0) is 32.6 Å². The van der Waals surface area contributed by atoms with E-state index in [9.17, 15) is 18.0 Å². The molecule has 0 bridgehead atoms. The van der Waals surface area contributed by atoms with Gasteiger partial charge in [-0.25, -0.2) is 8.42 Å². The summed E-state index contributed by atoms with van der Waals surface area (Å²) >= 11 is 12.6. The Balaban J connectivity index is 1.57. The predicted octanol–water partition coefficient (Wildman–Crippen LogP) is 7.20. The number of aryl methyl sites for hydroxylation is 1. The molecular weight excluding hydrogens is 641 g/mol. The molecule has 1 atom stereocenters. The molecule has 0 unspecified atom stereocenters. The summed E-state index contributed by atoms with van der Waals surface area (Å²) in [4.78, 5) is 30.2. The van der Waals surface area contributed by atoms with E-state index in [4.69, 9.17) is 23.2 Å². The van der Waals surface area contributed by atoms with Crippen LogP contribution < -0.4 is 9.62 Å². The van der Waals surface area contributed by atoms with Gasteiger partial charge in [0.1, 0.15) is 12.6 Å². The van der Waals surface area contributed by atoms with Gasteiger partial charge in [0.2, 0.25) is 11.8 Å². The number of nitrogens with zero attached hydrogens (tertiary/aromatic N) is 2. The Labute approximate surface area is 281 Å². The zero-order valence-corrected chi connectivity index (χ0v) is 27.9. The summed E-state index contributed by atoms with van der Waals surface area (Å²) in [5, 5.41) is 4.09. The smallest absolute Gasteiger partial charge is 0.264 e. The highest BCUT2D eigenvalue weighted by Gasteiger charge is 2.35.